The van der Waals surface area contributed by atoms with Gasteiger partial charge in [-0.3, -0.25) is 4.79 Å². The normalized spacial score (nSPS) is 22.2. The van der Waals surface area contributed by atoms with Crippen molar-refractivity contribution in [3.05, 3.63) is 12.2 Å². The summed E-state index contributed by atoms with van der Waals surface area (Å²) in [6.45, 7) is 6.63. The average molecular weight is 239 g/mol. The minimum absolute atomic E-state index is 0.0855. The van der Waals surface area contributed by atoms with E-state index in [1.807, 2.05) is 0 Å². The Kier molecular flexibility index (Phi) is 5.19. The third kappa shape index (κ3) is 5.87. The Labute approximate surface area is 104 Å². The standard InChI is InChI=1S/C14H25NO2/c1-14(2,3)9-12(16)10-15-13(17)11-7-5-4-6-8-11/h4-5,11-12,16H,6-10H2,1-3H3,(H,15,17). The van der Waals surface area contributed by atoms with Crippen LogP contribution in [0.3, 0.4) is 0 Å². The van der Waals surface area contributed by atoms with E-state index in [0.717, 1.165) is 19.3 Å². The molecule has 0 bridgehead atoms. The molecule has 0 saturated heterocycles. The fraction of sp³-hybridized carbons (Fsp3) is 0.786. The molecule has 0 aliphatic heterocycles. The van der Waals surface area contributed by atoms with Gasteiger partial charge in [0.25, 0.3) is 0 Å². The van der Waals surface area contributed by atoms with E-state index in [-0.39, 0.29) is 17.2 Å². The first-order chi connectivity index (χ1) is 7.88. The summed E-state index contributed by atoms with van der Waals surface area (Å²) in [4.78, 5) is 11.8. The molecule has 0 aromatic heterocycles. The van der Waals surface area contributed by atoms with Crippen LogP contribution in [-0.2, 0) is 4.79 Å². The summed E-state index contributed by atoms with van der Waals surface area (Å²) in [5.74, 6) is 0.184. The number of hydrogen-bond acceptors (Lipinski definition) is 2. The lowest BCUT2D eigenvalue weighted by Gasteiger charge is -2.23. The monoisotopic (exact) mass is 239 g/mol. The molecule has 3 nitrogen and oxygen atoms in total. The van der Waals surface area contributed by atoms with E-state index < -0.39 is 6.10 Å². The summed E-state index contributed by atoms with van der Waals surface area (Å²) in [6, 6.07) is 0. The number of carbonyl (C=O) groups excluding carboxylic acids is 1. The molecule has 1 rings (SSSR count). The maximum Gasteiger partial charge on any atom is 0.223 e. The topological polar surface area (TPSA) is 49.3 Å². The van der Waals surface area contributed by atoms with Crippen LogP contribution in [0.15, 0.2) is 12.2 Å². The second-order valence-corrected chi connectivity index (χ2v) is 6.15. The van der Waals surface area contributed by atoms with Gasteiger partial charge >= 0.3 is 0 Å². The smallest absolute Gasteiger partial charge is 0.223 e. The van der Waals surface area contributed by atoms with Crippen LogP contribution in [0, 0.1) is 11.3 Å². The molecule has 0 fully saturated rings. The highest BCUT2D eigenvalue weighted by Crippen LogP contribution is 2.21. The Hall–Kier alpha value is -0.830. The zero-order valence-electron chi connectivity index (χ0n) is 11.2. The molecule has 98 valence electrons. The Morgan fingerprint density at radius 3 is 2.71 bits per heavy atom. The van der Waals surface area contributed by atoms with Crippen LogP contribution < -0.4 is 5.32 Å². The second-order valence-electron chi connectivity index (χ2n) is 6.15. The van der Waals surface area contributed by atoms with Crippen LogP contribution in [0.25, 0.3) is 0 Å². The van der Waals surface area contributed by atoms with Gasteiger partial charge in [-0.2, -0.15) is 0 Å². The van der Waals surface area contributed by atoms with Crippen LogP contribution >= 0.6 is 0 Å². The van der Waals surface area contributed by atoms with Crippen LogP contribution in [0.4, 0.5) is 0 Å². The first kappa shape index (κ1) is 14.2. The molecular weight excluding hydrogens is 214 g/mol. The average Bonchev–Trinajstić information content (AvgIpc) is 2.25. The Bertz CT molecular complexity index is 278. The molecule has 17 heavy (non-hydrogen) atoms. The van der Waals surface area contributed by atoms with Gasteiger partial charge in [-0.05, 0) is 31.1 Å². The van der Waals surface area contributed by atoms with Crippen molar-refractivity contribution in [1.82, 2.24) is 5.32 Å². The van der Waals surface area contributed by atoms with Gasteiger partial charge in [0.05, 0.1) is 6.10 Å². The largest absolute Gasteiger partial charge is 0.391 e. The van der Waals surface area contributed by atoms with Gasteiger partial charge < -0.3 is 10.4 Å². The molecule has 2 unspecified atom stereocenters. The summed E-state index contributed by atoms with van der Waals surface area (Å²) < 4.78 is 0. The zero-order valence-corrected chi connectivity index (χ0v) is 11.2. The molecule has 0 heterocycles. The van der Waals surface area contributed by atoms with Gasteiger partial charge in [0.1, 0.15) is 0 Å². The minimum Gasteiger partial charge on any atom is -0.391 e. The second kappa shape index (κ2) is 6.20. The first-order valence-electron chi connectivity index (χ1n) is 6.49. The van der Waals surface area contributed by atoms with Crippen molar-refractivity contribution >= 4 is 5.91 Å². The van der Waals surface area contributed by atoms with E-state index in [4.69, 9.17) is 0 Å². The molecular formula is C14H25NO2. The van der Waals surface area contributed by atoms with Crippen molar-refractivity contribution < 1.29 is 9.90 Å². The van der Waals surface area contributed by atoms with E-state index in [0.29, 0.717) is 13.0 Å². The highest BCUT2D eigenvalue weighted by atomic mass is 16.3. The van der Waals surface area contributed by atoms with Crippen molar-refractivity contribution in [2.75, 3.05) is 6.54 Å². The molecule has 0 radical (unpaired) electrons. The van der Waals surface area contributed by atoms with Crippen LogP contribution in [0.2, 0.25) is 0 Å². The van der Waals surface area contributed by atoms with Gasteiger partial charge in [0, 0.05) is 12.5 Å². The number of carbonyl (C=O) groups is 1. The Morgan fingerprint density at radius 1 is 1.47 bits per heavy atom. The lowest BCUT2D eigenvalue weighted by molar-refractivity contribution is -0.125. The predicted octanol–water partition coefficient (Wildman–Crippen LogP) is 2.26. The molecule has 2 atom stereocenters. The maximum atomic E-state index is 11.8. The van der Waals surface area contributed by atoms with Gasteiger partial charge in [-0.1, -0.05) is 32.9 Å². The number of aliphatic hydroxyl groups is 1. The van der Waals surface area contributed by atoms with Crippen molar-refractivity contribution in [1.29, 1.82) is 0 Å². The summed E-state index contributed by atoms with van der Waals surface area (Å²) >= 11 is 0. The molecule has 1 aliphatic carbocycles. The minimum atomic E-state index is -0.446. The quantitative estimate of drug-likeness (QED) is 0.739. The molecule has 1 aliphatic rings. The Morgan fingerprint density at radius 2 is 2.18 bits per heavy atom. The van der Waals surface area contributed by atoms with Crippen molar-refractivity contribution in [3.63, 3.8) is 0 Å². The molecule has 0 saturated carbocycles. The first-order valence-corrected chi connectivity index (χ1v) is 6.49. The van der Waals surface area contributed by atoms with Crippen molar-refractivity contribution in [2.45, 2.75) is 52.6 Å². The van der Waals surface area contributed by atoms with E-state index in [1.54, 1.807) is 0 Å². The summed E-state index contributed by atoms with van der Waals surface area (Å²) in [6.07, 6.45) is 7.20. The highest BCUT2D eigenvalue weighted by molar-refractivity contribution is 5.78. The molecule has 2 N–H and O–H groups in total. The molecule has 0 aromatic rings. The van der Waals surface area contributed by atoms with Gasteiger partial charge in [-0.25, -0.2) is 0 Å². The van der Waals surface area contributed by atoms with E-state index in [1.165, 1.54) is 0 Å². The van der Waals surface area contributed by atoms with Gasteiger partial charge in [0.2, 0.25) is 5.91 Å². The van der Waals surface area contributed by atoms with Crippen molar-refractivity contribution in [3.8, 4) is 0 Å². The summed E-state index contributed by atoms with van der Waals surface area (Å²) in [5.41, 5.74) is 0.0950. The number of aliphatic hydroxyl groups excluding tert-OH is 1. The van der Waals surface area contributed by atoms with E-state index in [2.05, 4.69) is 38.2 Å². The summed E-state index contributed by atoms with van der Waals surface area (Å²) in [7, 11) is 0. The van der Waals surface area contributed by atoms with Crippen molar-refractivity contribution in [2.24, 2.45) is 11.3 Å². The number of allylic oxidation sites excluding steroid dienone is 2. The zero-order chi connectivity index (χ0) is 12.9. The maximum absolute atomic E-state index is 11.8. The molecule has 0 spiro atoms. The number of nitrogens with one attached hydrogen (secondary N) is 1. The third-order valence-corrected chi connectivity index (χ3v) is 3.00. The third-order valence-electron chi connectivity index (χ3n) is 3.00. The van der Waals surface area contributed by atoms with E-state index >= 15 is 0 Å². The van der Waals surface area contributed by atoms with Crippen LogP contribution in [0.1, 0.15) is 46.5 Å². The summed E-state index contributed by atoms with van der Waals surface area (Å²) in [5, 5.41) is 12.7. The number of rotatable bonds is 4. The SMILES string of the molecule is CC(C)(C)CC(O)CNC(=O)C1CC=CCC1. The number of hydrogen-bond donors (Lipinski definition) is 2. The van der Waals surface area contributed by atoms with Crippen LogP contribution in [-0.4, -0.2) is 23.7 Å². The molecule has 0 aromatic carbocycles. The predicted molar refractivity (Wildman–Crippen MR) is 69.6 cm³/mol. The lowest BCUT2D eigenvalue weighted by atomic mass is 9.89. The number of amides is 1. The highest BCUT2D eigenvalue weighted by Gasteiger charge is 2.21. The fourth-order valence-electron chi connectivity index (χ4n) is 2.17. The van der Waals surface area contributed by atoms with Gasteiger partial charge in [0.15, 0.2) is 0 Å². The fourth-order valence-corrected chi connectivity index (χ4v) is 2.17. The van der Waals surface area contributed by atoms with Crippen LogP contribution in [0.5, 0.6) is 0 Å². The lowest BCUT2D eigenvalue weighted by Crippen LogP contribution is -2.37. The molecule has 1 amide bonds. The van der Waals surface area contributed by atoms with Gasteiger partial charge in [-0.15, -0.1) is 0 Å². The molecule has 3 heteroatoms. The Balaban J connectivity index is 2.25. The van der Waals surface area contributed by atoms with E-state index in [9.17, 15) is 9.90 Å².